The van der Waals surface area contributed by atoms with E-state index in [1.165, 1.54) is 0 Å². The van der Waals surface area contributed by atoms with Crippen LogP contribution in [0.25, 0.3) is 22.7 Å². The van der Waals surface area contributed by atoms with Crippen molar-refractivity contribution in [3.05, 3.63) is 90.8 Å². The number of nitrogens with one attached hydrogen (secondary N) is 1. The van der Waals surface area contributed by atoms with Crippen LogP contribution in [0.4, 0.5) is 19.0 Å². The van der Waals surface area contributed by atoms with Crippen molar-refractivity contribution in [2.45, 2.75) is 13.1 Å². The molecule has 188 valence electrons. The number of imidazole rings is 1. The summed E-state index contributed by atoms with van der Waals surface area (Å²) in [5, 5.41) is 14.4. The van der Waals surface area contributed by atoms with Gasteiger partial charge in [0.05, 0.1) is 23.6 Å². The molecule has 37 heavy (non-hydrogen) atoms. The highest BCUT2D eigenvalue weighted by atomic mass is 19.4. The zero-order chi connectivity index (χ0) is 26.6. The molecule has 1 aromatic carbocycles. The quantitative estimate of drug-likeness (QED) is 0.372. The lowest BCUT2D eigenvalue weighted by Gasteiger charge is -2.06. The van der Waals surface area contributed by atoms with Crippen LogP contribution < -0.4 is 5.32 Å². The first-order chi connectivity index (χ1) is 17.6. The first-order valence-corrected chi connectivity index (χ1v) is 10.6. The average molecular weight is 509 g/mol. The number of carboxylic acid groups (broad SMARTS) is 1. The van der Waals surface area contributed by atoms with Gasteiger partial charge in [-0.25, -0.2) is 19.4 Å². The van der Waals surface area contributed by atoms with Gasteiger partial charge in [0, 0.05) is 18.6 Å². The number of aryl methyl sites for hydroxylation is 1. The van der Waals surface area contributed by atoms with Crippen molar-refractivity contribution < 1.29 is 27.9 Å². The zero-order valence-electron chi connectivity index (χ0n) is 19.1. The Balaban J connectivity index is 0.000000405. The highest BCUT2D eigenvalue weighted by Crippen LogP contribution is 2.25. The molecule has 0 saturated heterocycles. The number of para-hydroxylation sites is 1. The van der Waals surface area contributed by atoms with E-state index in [4.69, 9.17) is 9.90 Å². The highest BCUT2D eigenvalue weighted by molar-refractivity contribution is 6.07. The molecule has 1 amide bonds. The topological polar surface area (TPSA) is 127 Å². The van der Waals surface area contributed by atoms with Crippen LogP contribution in [0.2, 0.25) is 0 Å². The maximum Gasteiger partial charge on any atom is 0.490 e. The molecule has 13 heteroatoms. The van der Waals surface area contributed by atoms with E-state index in [0.717, 1.165) is 16.9 Å². The summed E-state index contributed by atoms with van der Waals surface area (Å²) in [5.74, 6) is -2.05. The summed E-state index contributed by atoms with van der Waals surface area (Å²) in [5.41, 5.74) is 3.54. The smallest absolute Gasteiger partial charge is 0.475 e. The summed E-state index contributed by atoms with van der Waals surface area (Å²) >= 11 is 0. The average Bonchev–Trinajstić information content (AvgIpc) is 3.51. The van der Waals surface area contributed by atoms with Crippen LogP contribution in [0.3, 0.4) is 0 Å². The van der Waals surface area contributed by atoms with Gasteiger partial charge in [0.1, 0.15) is 11.5 Å². The van der Waals surface area contributed by atoms with Gasteiger partial charge >= 0.3 is 12.1 Å². The second-order valence-electron chi connectivity index (χ2n) is 7.56. The van der Waals surface area contributed by atoms with Gasteiger partial charge < -0.3 is 10.4 Å². The Labute approximate surface area is 207 Å². The minimum absolute atomic E-state index is 0.265. The minimum atomic E-state index is -5.08. The fourth-order valence-electron chi connectivity index (χ4n) is 3.25. The number of carbonyl (C=O) groups is 2. The first kappa shape index (κ1) is 25.0. The van der Waals surface area contributed by atoms with Crippen molar-refractivity contribution >= 4 is 23.2 Å². The lowest BCUT2D eigenvalue weighted by molar-refractivity contribution is -0.192. The van der Waals surface area contributed by atoms with Crippen molar-refractivity contribution in [2.75, 3.05) is 5.32 Å². The Bertz CT molecular complexity index is 1550. The Kier molecular flexibility index (Phi) is 6.95. The molecule has 0 radical (unpaired) electrons. The normalized spacial score (nSPS) is 11.0. The minimum Gasteiger partial charge on any atom is -0.475 e. The van der Waals surface area contributed by atoms with Crippen molar-refractivity contribution in [1.29, 1.82) is 0 Å². The fourth-order valence-corrected chi connectivity index (χ4v) is 3.25. The van der Waals surface area contributed by atoms with Gasteiger partial charge in [-0.3, -0.25) is 14.2 Å². The number of hydrogen-bond donors (Lipinski definition) is 2. The number of aliphatic carboxylic acids is 1. The number of halogens is 3. The molecule has 5 rings (SSSR count). The predicted octanol–water partition coefficient (Wildman–Crippen LogP) is 4.17. The number of alkyl halides is 3. The van der Waals surface area contributed by atoms with Gasteiger partial charge in [-0.1, -0.05) is 24.3 Å². The molecule has 10 nitrogen and oxygen atoms in total. The maximum absolute atomic E-state index is 13.0. The molecule has 2 N–H and O–H groups in total. The molecule has 0 aliphatic heterocycles. The molecular weight excluding hydrogens is 491 g/mol. The monoisotopic (exact) mass is 509 g/mol. The number of hydrogen-bond acceptors (Lipinski definition) is 6. The van der Waals surface area contributed by atoms with E-state index in [0.29, 0.717) is 17.2 Å². The molecule has 0 saturated carbocycles. The van der Waals surface area contributed by atoms with Crippen molar-refractivity contribution in [1.82, 2.24) is 29.1 Å². The van der Waals surface area contributed by atoms with Crippen molar-refractivity contribution in [3.63, 3.8) is 0 Å². The number of fused-ring (bicyclic) bond motifs is 1. The molecule has 0 aliphatic carbocycles. The summed E-state index contributed by atoms with van der Waals surface area (Å²) in [6.45, 7) is 1.94. The SMILES string of the molecule is Cc1ccc(NC(=O)c2nc(-c3ccnn3-c3ccccc3)n3ccncc23)nc1.O=C(O)C(F)(F)F. The number of aromatic nitrogens is 6. The van der Waals surface area contributed by atoms with Crippen LogP contribution in [0.5, 0.6) is 0 Å². The standard InChI is InChI=1S/C22H17N7O.C2HF3O2/c1-15-7-8-19(24-13-15)26-22(30)20-18-14-23-11-12-28(18)21(27-20)17-9-10-25-29(17)16-5-3-2-4-6-16;3-2(4,5)1(6)7/h2-14H,1H3,(H,24,26,30);(H,6,7). The summed E-state index contributed by atoms with van der Waals surface area (Å²) < 4.78 is 35.4. The van der Waals surface area contributed by atoms with E-state index in [2.05, 4.69) is 25.4 Å². The Morgan fingerprint density at radius 3 is 2.38 bits per heavy atom. The molecule has 0 atom stereocenters. The number of nitrogens with zero attached hydrogens (tertiary/aromatic N) is 6. The Hall–Kier alpha value is -5.07. The molecule has 0 bridgehead atoms. The highest BCUT2D eigenvalue weighted by Gasteiger charge is 2.38. The number of amides is 1. The number of benzene rings is 1. The third-order valence-electron chi connectivity index (χ3n) is 4.93. The van der Waals surface area contributed by atoms with E-state index in [9.17, 15) is 18.0 Å². The second-order valence-corrected chi connectivity index (χ2v) is 7.56. The number of carboxylic acids is 1. The molecule has 0 unspecified atom stereocenters. The van der Waals surface area contributed by atoms with Crippen LogP contribution in [-0.4, -0.2) is 52.3 Å². The van der Waals surface area contributed by atoms with Gasteiger partial charge in [0.25, 0.3) is 5.91 Å². The van der Waals surface area contributed by atoms with Gasteiger partial charge in [-0.15, -0.1) is 0 Å². The largest absolute Gasteiger partial charge is 0.490 e. The van der Waals surface area contributed by atoms with Gasteiger partial charge in [-0.2, -0.15) is 18.3 Å². The number of pyridine rings is 1. The number of anilines is 1. The van der Waals surface area contributed by atoms with Crippen molar-refractivity contribution in [3.8, 4) is 17.2 Å². The Morgan fingerprint density at radius 1 is 1.00 bits per heavy atom. The van der Waals surface area contributed by atoms with Gasteiger partial charge in [-0.05, 0) is 36.8 Å². The molecule has 0 spiro atoms. The van der Waals surface area contributed by atoms with E-state index in [1.807, 2.05) is 53.8 Å². The lowest BCUT2D eigenvalue weighted by Crippen LogP contribution is -2.21. The van der Waals surface area contributed by atoms with E-state index < -0.39 is 12.1 Å². The third-order valence-corrected chi connectivity index (χ3v) is 4.93. The molecule has 0 aliphatic rings. The fraction of sp³-hybridized carbons (Fsp3) is 0.0833. The third kappa shape index (κ3) is 5.61. The molecule has 0 fully saturated rings. The predicted molar refractivity (Wildman–Crippen MR) is 126 cm³/mol. The molecule has 5 aromatic rings. The summed E-state index contributed by atoms with van der Waals surface area (Å²) in [6.07, 6.45) is 3.38. The summed E-state index contributed by atoms with van der Waals surface area (Å²) in [7, 11) is 0. The zero-order valence-corrected chi connectivity index (χ0v) is 19.1. The maximum atomic E-state index is 13.0. The van der Waals surface area contributed by atoms with E-state index >= 15 is 0 Å². The summed E-state index contributed by atoms with van der Waals surface area (Å²) in [6, 6.07) is 15.3. The first-order valence-electron chi connectivity index (χ1n) is 10.6. The van der Waals surface area contributed by atoms with E-state index in [1.54, 1.807) is 41.7 Å². The lowest BCUT2D eigenvalue weighted by atomic mass is 10.3. The van der Waals surface area contributed by atoms with Crippen LogP contribution in [0.15, 0.2) is 79.5 Å². The molecule has 4 heterocycles. The van der Waals surface area contributed by atoms with Crippen LogP contribution in [0.1, 0.15) is 16.1 Å². The van der Waals surface area contributed by atoms with Gasteiger partial charge in [0.15, 0.2) is 11.5 Å². The Morgan fingerprint density at radius 2 is 1.73 bits per heavy atom. The van der Waals surface area contributed by atoms with E-state index in [-0.39, 0.29) is 11.6 Å². The van der Waals surface area contributed by atoms with Crippen molar-refractivity contribution in [2.24, 2.45) is 0 Å². The number of carbonyl (C=O) groups excluding carboxylic acids is 1. The van der Waals surface area contributed by atoms with Crippen LogP contribution in [-0.2, 0) is 4.79 Å². The summed E-state index contributed by atoms with van der Waals surface area (Å²) in [4.78, 5) is 34.9. The van der Waals surface area contributed by atoms with Crippen LogP contribution >= 0.6 is 0 Å². The molecule has 4 aromatic heterocycles. The number of rotatable bonds is 4. The van der Waals surface area contributed by atoms with Gasteiger partial charge in [0.2, 0.25) is 0 Å². The second kappa shape index (κ2) is 10.3. The molecular formula is C24H18F3N7O3. The van der Waals surface area contributed by atoms with Crippen LogP contribution in [0, 0.1) is 6.92 Å².